The van der Waals surface area contributed by atoms with E-state index in [0.29, 0.717) is 0 Å². The van der Waals surface area contributed by atoms with Crippen LogP contribution in [0.1, 0.15) is 17.8 Å². The lowest BCUT2D eigenvalue weighted by atomic mass is 10.3. The van der Waals surface area contributed by atoms with Gasteiger partial charge in [-0.2, -0.15) is 13.8 Å². The Morgan fingerprint density at radius 3 is 2.67 bits per heavy atom. The Labute approximate surface area is 98.7 Å². The highest BCUT2D eigenvalue weighted by molar-refractivity contribution is 4.89. The highest BCUT2D eigenvalue weighted by Gasteiger charge is 2.41. The van der Waals surface area contributed by atoms with Gasteiger partial charge in [-0.05, 0) is 0 Å². The van der Waals surface area contributed by atoms with Crippen LogP contribution in [0.2, 0.25) is 0 Å². The van der Waals surface area contributed by atoms with Crippen LogP contribution >= 0.6 is 0 Å². The molecule has 1 rings (SSSR count). The Morgan fingerprint density at radius 2 is 2.11 bits per heavy atom. The molecule has 18 heavy (non-hydrogen) atoms. The number of nitrogens with two attached hydrogens (primary N) is 1. The maximum Gasteiger partial charge on any atom is 0.330 e. The van der Waals surface area contributed by atoms with Crippen molar-refractivity contribution in [2.75, 3.05) is 13.2 Å². The zero-order valence-electron chi connectivity index (χ0n) is 9.02. The van der Waals surface area contributed by atoms with Gasteiger partial charge in [0.25, 0.3) is 5.89 Å². The van der Waals surface area contributed by atoms with Crippen LogP contribution in [0, 0.1) is 0 Å². The number of aliphatic hydroxyl groups excluding tert-OH is 1. The van der Waals surface area contributed by atoms with Crippen LogP contribution in [0.3, 0.4) is 0 Å². The minimum atomic E-state index is -4.23. The van der Waals surface area contributed by atoms with E-state index >= 15 is 0 Å². The van der Waals surface area contributed by atoms with Crippen LogP contribution in [0.25, 0.3) is 0 Å². The third-order valence-electron chi connectivity index (χ3n) is 1.84. The first kappa shape index (κ1) is 14.8. The molecule has 0 aliphatic heterocycles. The van der Waals surface area contributed by atoms with Crippen molar-refractivity contribution >= 4 is 0 Å². The van der Waals surface area contributed by atoms with Crippen LogP contribution in [0.5, 0.6) is 0 Å². The summed E-state index contributed by atoms with van der Waals surface area (Å²) in [6, 6.07) is 0. The normalized spacial score (nSPS) is 14.2. The molecule has 1 unspecified atom stereocenters. The van der Waals surface area contributed by atoms with Gasteiger partial charge in [-0.1, -0.05) is 5.16 Å². The molecule has 0 aliphatic carbocycles. The van der Waals surface area contributed by atoms with Gasteiger partial charge in [-0.3, -0.25) is 0 Å². The quantitative estimate of drug-likeness (QED) is 0.702. The monoisotopic (exact) mass is 273 g/mol. The molecule has 6 nitrogen and oxygen atoms in total. The number of hydrogen-bond donors (Lipinski definition) is 2. The van der Waals surface area contributed by atoms with E-state index in [1.54, 1.807) is 0 Å². The lowest BCUT2D eigenvalue weighted by molar-refractivity contribution is -0.168. The molecular formula is C8H11F4N3O3. The first-order valence-corrected chi connectivity index (χ1v) is 4.81. The molecule has 0 spiro atoms. The summed E-state index contributed by atoms with van der Waals surface area (Å²) in [7, 11) is 0. The Balaban J connectivity index is 2.43. The van der Waals surface area contributed by atoms with Gasteiger partial charge in [0.2, 0.25) is 0 Å². The smallest absolute Gasteiger partial charge is 0.330 e. The number of alkyl halides is 4. The van der Waals surface area contributed by atoms with Gasteiger partial charge >= 0.3 is 12.3 Å². The highest BCUT2D eigenvalue weighted by atomic mass is 19.3. The summed E-state index contributed by atoms with van der Waals surface area (Å²) < 4.78 is 57.3. The largest absolute Gasteiger partial charge is 0.382 e. The van der Waals surface area contributed by atoms with E-state index in [2.05, 4.69) is 19.4 Å². The molecule has 0 radical (unpaired) electrons. The van der Waals surface area contributed by atoms with Crippen molar-refractivity contribution < 1.29 is 31.9 Å². The number of rotatable bonds is 7. The summed E-state index contributed by atoms with van der Waals surface area (Å²) in [5.41, 5.74) is 5.11. The van der Waals surface area contributed by atoms with E-state index in [4.69, 9.17) is 5.73 Å². The molecule has 1 aromatic heterocycles. The van der Waals surface area contributed by atoms with E-state index in [0.717, 1.165) is 0 Å². The molecule has 0 saturated carbocycles. The summed E-state index contributed by atoms with van der Waals surface area (Å²) >= 11 is 0. The predicted octanol–water partition coefficient (Wildman–Crippen LogP) is 0.479. The predicted molar refractivity (Wildman–Crippen MR) is 48.9 cm³/mol. The molecule has 104 valence electrons. The molecule has 0 aliphatic rings. The SMILES string of the molecule is NCC(O)c1nc(COCC(F)(F)C(F)F)no1. The van der Waals surface area contributed by atoms with Gasteiger partial charge in [0.05, 0.1) is 0 Å². The fourth-order valence-corrected chi connectivity index (χ4v) is 0.904. The highest BCUT2D eigenvalue weighted by Crippen LogP contribution is 2.23. The summed E-state index contributed by atoms with van der Waals surface area (Å²) in [5, 5.41) is 12.5. The maximum atomic E-state index is 12.4. The minimum Gasteiger partial charge on any atom is -0.382 e. The second kappa shape index (κ2) is 6.07. The van der Waals surface area contributed by atoms with Crippen LogP contribution in [0.4, 0.5) is 17.6 Å². The van der Waals surface area contributed by atoms with Crippen molar-refractivity contribution in [3.8, 4) is 0 Å². The summed E-state index contributed by atoms with van der Waals surface area (Å²) in [5.74, 6) is -4.58. The van der Waals surface area contributed by atoms with E-state index in [-0.39, 0.29) is 18.3 Å². The van der Waals surface area contributed by atoms with E-state index < -0.39 is 31.7 Å². The van der Waals surface area contributed by atoms with Crippen molar-refractivity contribution in [2.24, 2.45) is 5.73 Å². The van der Waals surface area contributed by atoms with Crippen LogP contribution in [-0.4, -0.2) is 40.7 Å². The molecular weight excluding hydrogens is 262 g/mol. The molecule has 0 amide bonds. The second-order valence-corrected chi connectivity index (χ2v) is 3.35. The van der Waals surface area contributed by atoms with Gasteiger partial charge in [-0.25, -0.2) is 8.78 Å². The van der Waals surface area contributed by atoms with Crippen molar-refractivity contribution in [3.63, 3.8) is 0 Å². The number of halogens is 4. The zero-order chi connectivity index (χ0) is 13.8. The average molecular weight is 273 g/mol. The fraction of sp³-hybridized carbons (Fsp3) is 0.750. The Hall–Kier alpha value is -1.26. The summed E-state index contributed by atoms with van der Waals surface area (Å²) in [4.78, 5) is 3.58. The number of aromatic nitrogens is 2. The number of nitrogens with zero attached hydrogens (tertiary/aromatic N) is 2. The van der Waals surface area contributed by atoms with Crippen LogP contribution in [0.15, 0.2) is 4.52 Å². The lowest BCUT2D eigenvalue weighted by Gasteiger charge is -2.14. The van der Waals surface area contributed by atoms with E-state index in [1.165, 1.54) is 0 Å². The number of aliphatic hydroxyl groups is 1. The first-order valence-electron chi connectivity index (χ1n) is 4.81. The summed E-state index contributed by atoms with van der Waals surface area (Å²) in [6.07, 6.45) is -4.98. The topological polar surface area (TPSA) is 94.4 Å². The molecule has 0 bridgehead atoms. The molecule has 0 fully saturated rings. The zero-order valence-corrected chi connectivity index (χ0v) is 9.02. The standard InChI is InChI=1S/C8H11F4N3O3/c9-7(10)8(11,12)3-17-2-5-14-6(18-15-5)4(16)1-13/h4,7,16H,1-3,13H2. The van der Waals surface area contributed by atoms with Gasteiger partial charge in [-0.15, -0.1) is 0 Å². The third-order valence-corrected chi connectivity index (χ3v) is 1.84. The number of hydrogen-bond acceptors (Lipinski definition) is 6. The van der Waals surface area contributed by atoms with Crippen molar-refractivity contribution in [1.82, 2.24) is 10.1 Å². The molecule has 1 heterocycles. The van der Waals surface area contributed by atoms with Crippen molar-refractivity contribution in [2.45, 2.75) is 25.1 Å². The Kier molecular flexibility index (Phi) is 4.99. The second-order valence-electron chi connectivity index (χ2n) is 3.35. The van der Waals surface area contributed by atoms with Crippen LogP contribution < -0.4 is 5.73 Å². The molecule has 1 atom stereocenters. The van der Waals surface area contributed by atoms with E-state index in [9.17, 15) is 22.7 Å². The fourth-order valence-electron chi connectivity index (χ4n) is 0.904. The molecule has 0 aromatic carbocycles. The first-order chi connectivity index (χ1) is 8.36. The van der Waals surface area contributed by atoms with Gasteiger partial charge in [0.1, 0.15) is 19.3 Å². The van der Waals surface area contributed by atoms with Gasteiger partial charge in [0, 0.05) is 6.54 Å². The van der Waals surface area contributed by atoms with E-state index in [1.807, 2.05) is 0 Å². The molecule has 0 saturated heterocycles. The Bertz CT molecular complexity index is 374. The lowest BCUT2D eigenvalue weighted by Crippen LogP contribution is -2.32. The molecule has 1 aromatic rings. The number of ether oxygens (including phenoxy) is 1. The van der Waals surface area contributed by atoms with Crippen molar-refractivity contribution in [1.29, 1.82) is 0 Å². The van der Waals surface area contributed by atoms with Crippen LogP contribution in [-0.2, 0) is 11.3 Å². The molecule has 3 N–H and O–H groups in total. The Morgan fingerprint density at radius 1 is 1.44 bits per heavy atom. The molecule has 10 heteroatoms. The van der Waals surface area contributed by atoms with Gasteiger partial charge in [0.15, 0.2) is 5.82 Å². The minimum absolute atomic E-state index is 0.150. The van der Waals surface area contributed by atoms with Crippen molar-refractivity contribution in [3.05, 3.63) is 11.7 Å². The maximum absolute atomic E-state index is 12.4. The summed E-state index contributed by atoms with van der Waals surface area (Å²) in [6.45, 7) is -2.16. The third kappa shape index (κ3) is 3.89. The van der Waals surface area contributed by atoms with Gasteiger partial charge < -0.3 is 20.1 Å². The average Bonchev–Trinajstić information content (AvgIpc) is 2.76.